The molecule has 1 aliphatic heterocycles. The van der Waals surface area contributed by atoms with Crippen LogP contribution in [0.3, 0.4) is 0 Å². The second kappa shape index (κ2) is 10.3. The maximum absolute atomic E-state index is 14.0. The van der Waals surface area contributed by atoms with Crippen LogP contribution in [0.5, 0.6) is 5.75 Å². The Balaban J connectivity index is 1.76. The Labute approximate surface area is 224 Å². The van der Waals surface area contributed by atoms with E-state index in [1.54, 1.807) is 60.2 Å². The molecule has 8 nitrogen and oxygen atoms in total. The highest BCUT2D eigenvalue weighted by atomic mass is 32.2. The van der Waals surface area contributed by atoms with Crippen molar-refractivity contribution >= 4 is 21.6 Å². The first-order chi connectivity index (χ1) is 18.2. The first kappa shape index (κ1) is 26.0. The zero-order valence-electron chi connectivity index (χ0n) is 20.9. The number of methoxy groups -OCH3 is 1. The first-order valence-electron chi connectivity index (χ1n) is 12.0. The normalized spacial score (nSPS) is 15.7. The second-order valence-electron chi connectivity index (χ2n) is 9.13. The largest absolute Gasteiger partial charge is 0.497 e. The summed E-state index contributed by atoms with van der Waals surface area (Å²) in [5.41, 5.74) is 7.74. The topological polar surface area (TPSA) is 113 Å². The van der Waals surface area contributed by atoms with Gasteiger partial charge in [-0.1, -0.05) is 60.7 Å². The molecule has 0 radical (unpaired) electrons. The lowest BCUT2D eigenvalue weighted by Gasteiger charge is -2.21. The van der Waals surface area contributed by atoms with Crippen molar-refractivity contribution in [1.82, 2.24) is 9.13 Å². The number of aromatic nitrogens is 2. The molecule has 3 aromatic carbocycles. The van der Waals surface area contributed by atoms with Crippen molar-refractivity contribution < 1.29 is 13.2 Å². The van der Waals surface area contributed by atoms with Crippen LogP contribution in [-0.2, 0) is 16.4 Å². The zero-order chi connectivity index (χ0) is 27.0. The first-order valence-corrected chi connectivity index (χ1v) is 14.8. The van der Waals surface area contributed by atoms with Crippen LogP contribution >= 0.6 is 11.8 Å². The van der Waals surface area contributed by atoms with Gasteiger partial charge in [0.05, 0.1) is 35.2 Å². The Morgan fingerprint density at radius 1 is 1.03 bits per heavy atom. The Bertz CT molecular complexity index is 1730. The third kappa shape index (κ3) is 4.70. The Morgan fingerprint density at radius 3 is 2.45 bits per heavy atom. The molecule has 2 atom stereocenters. The van der Waals surface area contributed by atoms with Gasteiger partial charge in [-0.3, -0.25) is 13.9 Å². The average Bonchev–Trinajstić information content (AvgIpc) is 3.36. The van der Waals surface area contributed by atoms with Crippen LogP contribution in [0.4, 0.5) is 0 Å². The molecule has 38 heavy (non-hydrogen) atoms. The van der Waals surface area contributed by atoms with Crippen LogP contribution in [-0.4, -0.2) is 36.7 Å². The van der Waals surface area contributed by atoms with E-state index in [1.165, 1.54) is 11.8 Å². The molecule has 1 aliphatic rings. The number of hydrogen-bond acceptors (Lipinski definition) is 7. The lowest BCUT2D eigenvalue weighted by Crippen LogP contribution is -2.44. The van der Waals surface area contributed by atoms with E-state index in [2.05, 4.69) is 0 Å². The van der Waals surface area contributed by atoms with Crippen molar-refractivity contribution in [2.24, 2.45) is 5.73 Å². The van der Waals surface area contributed by atoms with Crippen molar-refractivity contribution in [3.63, 3.8) is 0 Å². The molecule has 196 valence electrons. The summed E-state index contributed by atoms with van der Waals surface area (Å²) in [6.45, 7) is -0.0377. The molecule has 0 saturated heterocycles. The van der Waals surface area contributed by atoms with Crippen molar-refractivity contribution in [3.8, 4) is 16.9 Å². The number of nitrogens with two attached hydrogens (primary N) is 1. The fourth-order valence-corrected chi connectivity index (χ4v) is 7.11. The molecule has 5 rings (SSSR count). The van der Waals surface area contributed by atoms with E-state index < -0.39 is 33.2 Å². The van der Waals surface area contributed by atoms with Crippen molar-refractivity contribution in [1.29, 1.82) is 0 Å². The molecular formula is C28H27N3O5S2. The van der Waals surface area contributed by atoms with E-state index in [4.69, 9.17) is 10.5 Å². The van der Waals surface area contributed by atoms with E-state index in [9.17, 15) is 18.0 Å². The van der Waals surface area contributed by atoms with Gasteiger partial charge < -0.3 is 10.5 Å². The molecule has 0 fully saturated rings. The summed E-state index contributed by atoms with van der Waals surface area (Å²) in [5.74, 6) is 0.966. The summed E-state index contributed by atoms with van der Waals surface area (Å²) in [5, 5.41) is 0.492. The predicted octanol–water partition coefficient (Wildman–Crippen LogP) is 3.48. The Hall–Kier alpha value is -3.60. The van der Waals surface area contributed by atoms with Crippen LogP contribution in [0.15, 0.2) is 98.4 Å². The lowest BCUT2D eigenvalue weighted by molar-refractivity contribution is 0.415. The van der Waals surface area contributed by atoms with E-state index >= 15 is 0 Å². The average molecular weight is 550 g/mol. The fraction of sp³-hybridized carbons (Fsp3) is 0.214. The molecule has 2 heterocycles. The second-order valence-corrected chi connectivity index (χ2v) is 12.1. The fourth-order valence-electron chi connectivity index (χ4n) is 4.81. The smallest absolute Gasteiger partial charge is 0.332 e. The molecule has 2 N–H and O–H groups in total. The van der Waals surface area contributed by atoms with Crippen LogP contribution in [0.1, 0.15) is 23.2 Å². The zero-order valence-corrected chi connectivity index (χ0v) is 22.5. The van der Waals surface area contributed by atoms with Crippen molar-refractivity contribution in [3.05, 3.63) is 111 Å². The highest BCUT2D eigenvalue weighted by molar-refractivity contribution is 7.99. The summed E-state index contributed by atoms with van der Waals surface area (Å²) in [6, 6.07) is 21.9. The molecule has 0 aliphatic carbocycles. The van der Waals surface area contributed by atoms with Crippen LogP contribution < -0.4 is 21.7 Å². The van der Waals surface area contributed by atoms with Gasteiger partial charge in [-0.2, -0.15) is 0 Å². The molecule has 10 heteroatoms. The predicted molar refractivity (Wildman–Crippen MR) is 149 cm³/mol. The molecule has 2 unspecified atom stereocenters. The minimum absolute atomic E-state index is 0.0377. The van der Waals surface area contributed by atoms with Gasteiger partial charge >= 0.3 is 5.69 Å². The summed E-state index contributed by atoms with van der Waals surface area (Å²) in [7, 11) is -2.02. The van der Waals surface area contributed by atoms with Crippen LogP contribution in [0.25, 0.3) is 11.1 Å². The van der Waals surface area contributed by atoms with Gasteiger partial charge in [-0.05, 0) is 34.9 Å². The van der Waals surface area contributed by atoms with Gasteiger partial charge in [0.15, 0.2) is 9.84 Å². The van der Waals surface area contributed by atoms with Crippen molar-refractivity contribution in [2.75, 3.05) is 19.1 Å². The number of fused-ring (bicyclic) bond motifs is 1. The lowest BCUT2D eigenvalue weighted by atomic mass is 10.1. The number of rotatable bonds is 7. The third-order valence-electron chi connectivity index (χ3n) is 6.66. The van der Waals surface area contributed by atoms with Crippen LogP contribution in [0.2, 0.25) is 0 Å². The monoisotopic (exact) mass is 549 g/mol. The van der Waals surface area contributed by atoms with E-state index in [0.29, 0.717) is 33.2 Å². The Morgan fingerprint density at radius 2 is 1.74 bits per heavy atom. The maximum atomic E-state index is 14.0. The number of sulfone groups is 1. The number of thioether (sulfide) groups is 1. The highest BCUT2D eigenvalue weighted by Crippen LogP contribution is 2.41. The third-order valence-corrected chi connectivity index (χ3v) is 8.99. The SMILES string of the molecule is COc1cccc(-c2c3n(c(=O)n(CC(N)c4ccccc4)c2=O)C(c2ccccc2S(C)(=O)=O)CS3)c1. The van der Waals surface area contributed by atoms with Gasteiger partial charge in [-0.15, -0.1) is 11.8 Å². The number of nitrogens with zero attached hydrogens (tertiary/aromatic N) is 2. The summed E-state index contributed by atoms with van der Waals surface area (Å²) in [4.78, 5) is 28.1. The quantitative estimate of drug-likeness (QED) is 0.351. The molecular weight excluding hydrogens is 522 g/mol. The molecule has 0 spiro atoms. The highest BCUT2D eigenvalue weighted by Gasteiger charge is 2.34. The molecule has 0 amide bonds. The number of ether oxygens (including phenoxy) is 1. The maximum Gasteiger partial charge on any atom is 0.332 e. The Kier molecular flexibility index (Phi) is 7.04. The van der Waals surface area contributed by atoms with Crippen LogP contribution in [0, 0.1) is 0 Å². The minimum atomic E-state index is -3.56. The van der Waals surface area contributed by atoms with Gasteiger partial charge in [0, 0.05) is 18.1 Å². The summed E-state index contributed by atoms with van der Waals surface area (Å²) < 4.78 is 33.3. The van der Waals surface area contributed by atoms with Gasteiger partial charge in [0.1, 0.15) is 5.75 Å². The molecule has 1 aromatic heterocycles. The van der Waals surface area contributed by atoms with Gasteiger partial charge in [0.25, 0.3) is 5.56 Å². The van der Waals surface area contributed by atoms with Crippen molar-refractivity contribution in [2.45, 2.75) is 28.5 Å². The number of hydrogen-bond donors (Lipinski definition) is 1. The summed E-state index contributed by atoms with van der Waals surface area (Å²) >= 11 is 1.36. The van der Waals surface area contributed by atoms with E-state index in [-0.39, 0.29) is 11.4 Å². The standard InChI is InChI=1S/C28H27N3O5S2/c1-36-20-12-8-11-19(15-20)25-26(32)30(16-22(29)18-9-4-3-5-10-18)28(33)31-23(17-37-27(25)31)21-13-6-7-14-24(21)38(2,34)35/h3-15,22-23H,16-17,29H2,1-2H3. The number of benzene rings is 3. The summed E-state index contributed by atoms with van der Waals surface area (Å²) in [6.07, 6.45) is 1.15. The van der Waals surface area contributed by atoms with Gasteiger partial charge in [-0.25, -0.2) is 13.2 Å². The molecule has 0 saturated carbocycles. The van der Waals surface area contributed by atoms with E-state index in [1.807, 2.05) is 30.3 Å². The molecule has 4 aromatic rings. The minimum Gasteiger partial charge on any atom is -0.497 e. The van der Waals surface area contributed by atoms with Gasteiger partial charge in [0.2, 0.25) is 0 Å². The molecule has 0 bridgehead atoms. The van der Waals surface area contributed by atoms with E-state index in [0.717, 1.165) is 16.4 Å².